The number of rotatable bonds is 4. The van der Waals surface area contributed by atoms with Gasteiger partial charge in [-0.3, -0.25) is 0 Å². The highest BCUT2D eigenvalue weighted by Crippen LogP contribution is 2.23. The molecule has 1 fully saturated rings. The van der Waals surface area contributed by atoms with Crippen molar-refractivity contribution in [1.29, 1.82) is 0 Å². The standard InChI is InChI=1S/C18H21F2N5O2/c1-3-27-18(26)25-9-7-24(8-10-25)15-11-12(2)21-17(22-15)23-16-13(19)5-4-6-14(16)20/h4-6,11H,3,7-10H2,1-2H3,(H,21,22,23). The third kappa shape index (κ3) is 4.42. The molecule has 2 heterocycles. The van der Waals surface area contributed by atoms with Crippen molar-refractivity contribution in [2.24, 2.45) is 0 Å². The maximum atomic E-state index is 13.9. The summed E-state index contributed by atoms with van der Waals surface area (Å²) in [6, 6.07) is 5.41. The Labute approximate surface area is 156 Å². The van der Waals surface area contributed by atoms with Crippen molar-refractivity contribution in [3.05, 3.63) is 41.6 Å². The Kier molecular flexibility index (Phi) is 5.68. The molecule has 1 amide bonds. The van der Waals surface area contributed by atoms with E-state index >= 15 is 0 Å². The van der Waals surface area contributed by atoms with Crippen molar-refractivity contribution in [1.82, 2.24) is 14.9 Å². The molecule has 0 unspecified atom stereocenters. The number of carbonyl (C=O) groups is 1. The number of aryl methyl sites for hydroxylation is 1. The molecule has 0 aliphatic carbocycles. The van der Waals surface area contributed by atoms with Crippen LogP contribution in [0.2, 0.25) is 0 Å². The number of carbonyl (C=O) groups excluding carboxylic acids is 1. The Morgan fingerprint density at radius 3 is 2.48 bits per heavy atom. The first-order chi connectivity index (χ1) is 13.0. The van der Waals surface area contributed by atoms with E-state index in [4.69, 9.17) is 4.74 Å². The lowest BCUT2D eigenvalue weighted by molar-refractivity contribution is 0.105. The number of halogens is 2. The fourth-order valence-electron chi connectivity index (χ4n) is 2.83. The van der Waals surface area contributed by atoms with Crippen molar-refractivity contribution in [2.75, 3.05) is 43.0 Å². The summed E-state index contributed by atoms with van der Waals surface area (Å²) in [5.41, 5.74) is 0.369. The second kappa shape index (κ2) is 8.15. The minimum atomic E-state index is -0.718. The Morgan fingerprint density at radius 1 is 1.19 bits per heavy atom. The van der Waals surface area contributed by atoms with Crippen LogP contribution in [0.25, 0.3) is 0 Å². The third-order valence-corrected chi connectivity index (χ3v) is 4.17. The molecule has 2 aromatic rings. The van der Waals surface area contributed by atoms with Crippen LogP contribution >= 0.6 is 0 Å². The van der Waals surface area contributed by atoms with Gasteiger partial charge in [-0.1, -0.05) is 6.07 Å². The molecule has 1 N–H and O–H groups in total. The number of para-hydroxylation sites is 1. The molecule has 0 atom stereocenters. The second-order valence-corrected chi connectivity index (χ2v) is 6.09. The molecule has 3 rings (SSSR count). The van der Waals surface area contributed by atoms with Crippen LogP contribution < -0.4 is 10.2 Å². The van der Waals surface area contributed by atoms with E-state index in [9.17, 15) is 13.6 Å². The molecule has 0 saturated carbocycles. The number of piperazine rings is 1. The first-order valence-electron chi connectivity index (χ1n) is 8.71. The number of benzene rings is 1. The lowest BCUT2D eigenvalue weighted by atomic mass is 10.3. The van der Waals surface area contributed by atoms with Gasteiger partial charge in [0.25, 0.3) is 0 Å². The minimum absolute atomic E-state index is 0.113. The topological polar surface area (TPSA) is 70.6 Å². The van der Waals surface area contributed by atoms with Gasteiger partial charge in [-0.25, -0.2) is 18.6 Å². The fourth-order valence-corrected chi connectivity index (χ4v) is 2.83. The van der Waals surface area contributed by atoms with Crippen LogP contribution in [0.15, 0.2) is 24.3 Å². The zero-order valence-corrected chi connectivity index (χ0v) is 15.2. The highest BCUT2D eigenvalue weighted by molar-refractivity contribution is 5.68. The summed E-state index contributed by atoms with van der Waals surface area (Å²) in [7, 11) is 0. The number of amides is 1. The van der Waals surface area contributed by atoms with E-state index in [1.54, 1.807) is 24.8 Å². The van der Waals surface area contributed by atoms with E-state index in [2.05, 4.69) is 15.3 Å². The van der Waals surface area contributed by atoms with E-state index < -0.39 is 11.6 Å². The number of hydrogen-bond acceptors (Lipinski definition) is 6. The van der Waals surface area contributed by atoms with Crippen molar-refractivity contribution >= 4 is 23.5 Å². The summed E-state index contributed by atoms with van der Waals surface area (Å²) in [4.78, 5) is 24.0. The Hall–Kier alpha value is -2.97. The normalized spacial score (nSPS) is 14.2. The summed E-state index contributed by atoms with van der Waals surface area (Å²) in [5, 5.41) is 2.62. The van der Waals surface area contributed by atoms with Crippen LogP contribution in [0.3, 0.4) is 0 Å². The van der Waals surface area contributed by atoms with Crippen molar-refractivity contribution < 1.29 is 18.3 Å². The molecule has 9 heteroatoms. The van der Waals surface area contributed by atoms with Crippen LogP contribution in [0.1, 0.15) is 12.6 Å². The van der Waals surface area contributed by atoms with Gasteiger partial charge in [-0.15, -0.1) is 0 Å². The maximum Gasteiger partial charge on any atom is 0.409 e. The van der Waals surface area contributed by atoms with Crippen LogP contribution in [0, 0.1) is 18.6 Å². The molecular weight excluding hydrogens is 356 g/mol. The zero-order valence-electron chi connectivity index (χ0n) is 15.2. The summed E-state index contributed by atoms with van der Waals surface area (Å²) in [5.74, 6) is -0.693. The summed E-state index contributed by atoms with van der Waals surface area (Å²) in [6.07, 6.45) is -0.326. The number of hydrogen-bond donors (Lipinski definition) is 1. The quantitative estimate of drug-likeness (QED) is 0.883. The van der Waals surface area contributed by atoms with Gasteiger partial charge in [0.2, 0.25) is 5.95 Å². The lowest BCUT2D eigenvalue weighted by Gasteiger charge is -2.34. The van der Waals surface area contributed by atoms with Gasteiger partial charge in [0.1, 0.15) is 23.1 Å². The number of nitrogens with zero attached hydrogens (tertiary/aromatic N) is 4. The molecule has 1 aliphatic rings. The highest BCUT2D eigenvalue weighted by Gasteiger charge is 2.23. The number of nitrogens with one attached hydrogen (secondary N) is 1. The van der Waals surface area contributed by atoms with Gasteiger partial charge in [-0.2, -0.15) is 4.98 Å². The molecule has 0 spiro atoms. The molecule has 144 valence electrons. The van der Waals surface area contributed by atoms with E-state index in [1.807, 2.05) is 4.90 Å². The summed E-state index contributed by atoms with van der Waals surface area (Å²) in [6.45, 7) is 6.05. The molecule has 1 saturated heterocycles. The number of anilines is 3. The highest BCUT2D eigenvalue weighted by atomic mass is 19.1. The van der Waals surface area contributed by atoms with E-state index in [1.165, 1.54) is 6.07 Å². The first kappa shape index (κ1) is 18.8. The predicted molar refractivity (Wildman–Crippen MR) is 97.2 cm³/mol. The predicted octanol–water partition coefficient (Wildman–Crippen LogP) is 3.09. The molecule has 27 heavy (non-hydrogen) atoms. The van der Waals surface area contributed by atoms with Gasteiger partial charge in [-0.05, 0) is 26.0 Å². The summed E-state index contributed by atoms with van der Waals surface area (Å²) >= 11 is 0. The SMILES string of the molecule is CCOC(=O)N1CCN(c2cc(C)nc(Nc3c(F)cccc3F)n2)CC1. The average Bonchev–Trinajstić information content (AvgIpc) is 2.65. The summed E-state index contributed by atoms with van der Waals surface area (Å²) < 4.78 is 32.7. The molecule has 1 aromatic carbocycles. The molecule has 7 nitrogen and oxygen atoms in total. The van der Waals surface area contributed by atoms with Gasteiger partial charge >= 0.3 is 6.09 Å². The van der Waals surface area contributed by atoms with Crippen LogP contribution in [-0.4, -0.2) is 53.7 Å². The molecule has 0 radical (unpaired) electrons. The molecular formula is C18H21F2N5O2. The number of aromatic nitrogens is 2. The first-order valence-corrected chi connectivity index (χ1v) is 8.71. The smallest absolute Gasteiger partial charge is 0.409 e. The van der Waals surface area contributed by atoms with E-state index in [0.29, 0.717) is 44.3 Å². The molecule has 1 aliphatic heterocycles. The van der Waals surface area contributed by atoms with Gasteiger partial charge in [0, 0.05) is 37.9 Å². The monoisotopic (exact) mass is 377 g/mol. The Morgan fingerprint density at radius 2 is 1.85 bits per heavy atom. The lowest BCUT2D eigenvalue weighted by Crippen LogP contribution is -2.49. The van der Waals surface area contributed by atoms with Crippen LogP contribution in [0.5, 0.6) is 0 Å². The van der Waals surface area contributed by atoms with Gasteiger partial charge in [0.05, 0.1) is 6.61 Å². The van der Waals surface area contributed by atoms with Crippen LogP contribution in [-0.2, 0) is 4.74 Å². The van der Waals surface area contributed by atoms with Crippen molar-refractivity contribution in [3.8, 4) is 0 Å². The van der Waals surface area contributed by atoms with Crippen LogP contribution in [0.4, 0.5) is 31.0 Å². The average molecular weight is 377 g/mol. The minimum Gasteiger partial charge on any atom is -0.450 e. The second-order valence-electron chi connectivity index (χ2n) is 6.09. The van der Waals surface area contributed by atoms with Gasteiger partial charge < -0.3 is 19.9 Å². The van der Waals surface area contributed by atoms with E-state index in [0.717, 1.165) is 12.1 Å². The number of ether oxygens (including phenoxy) is 1. The van der Waals surface area contributed by atoms with E-state index in [-0.39, 0.29) is 17.7 Å². The van der Waals surface area contributed by atoms with Gasteiger partial charge in [0.15, 0.2) is 0 Å². The third-order valence-electron chi connectivity index (χ3n) is 4.17. The Balaban J connectivity index is 1.74. The van der Waals surface area contributed by atoms with Crippen molar-refractivity contribution in [3.63, 3.8) is 0 Å². The molecule has 1 aromatic heterocycles. The van der Waals surface area contributed by atoms with Crippen molar-refractivity contribution in [2.45, 2.75) is 13.8 Å². The molecule has 0 bridgehead atoms. The maximum absolute atomic E-state index is 13.9. The zero-order chi connectivity index (χ0) is 19.4. The fraction of sp³-hybridized carbons (Fsp3) is 0.389. The Bertz CT molecular complexity index is 805. The largest absolute Gasteiger partial charge is 0.450 e.